The highest BCUT2D eigenvalue weighted by Gasteiger charge is 2.36. The van der Waals surface area contributed by atoms with Crippen LogP contribution in [0.5, 0.6) is 0 Å². The lowest BCUT2D eigenvalue weighted by Gasteiger charge is -2.30. The molecule has 1 saturated heterocycles. The topological polar surface area (TPSA) is 49.3 Å². The number of aliphatic carboxylic acids is 1. The average molecular weight is 173 g/mol. The maximum Gasteiger partial charge on any atom is 0.320 e. The third-order valence-corrected chi connectivity index (χ3v) is 2.50. The summed E-state index contributed by atoms with van der Waals surface area (Å²) in [6.45, 7) is 0.806. The maximum atomic E-state index is 10.6. The van der Waals surface area contributed by atoms with Gasteiger partial charge in [0.05, 0.1) is 21.1 Å². The molecule has 0 aliphatic carbocycles. The number of carboxylic acids is 1. The van der Waals surface area contributed by atoms with E-state index in [4.69, 9.17) is 5.11 Å². The van der Waals surface area contributed by atoms with Crippen LogP contribution in [0.4, 0.5) is 0 Å². The summed E-state index contributed by atoms with van der Waals surface area (Å²) < 4.78 is 0.830. The van der Waals surface area contributed by atoms with Gasteiger partial charge in [-0.15, -0.1) is 0 Å². The minimum atomic E-state index is -0.731. The van der Waals surface area contributed by atoms with Gasteiger partial charge in [-0.05, 0) is 0 Å². The summed E-state index contributed by atoms with van der Waals surface area (Å²) in [5, 5.41) is 11.7. The Labute approximate surface area is 72.8 Å². The zero-order valence-corrected chi connectivity index (χ0v) is 7.87. The number of quaternary nitrogens is 1. The van der Waals surface area contributed by atoms with E-state index < -0.39 is 5.97 Å². The molecule has 2 N–H and O–H groups in total. The van der Waals surface area contributed by atoms with Crippen molar-refractivity contribution in [3.63, 3.8) is 0 Å². The Morgan fingerprint density at radius 3 is 2.33 bits per heavy atom. The van der Waals surface area contributed by atoms with Crippen LogP contribution in [0, 0.1) is 0 Å². The van der Waals surface area contributed by atoms with E-state index in [1.165, 1.54) is 0 Å². The highest BCUT2D eigenvalue weighted by molar-refractivity contribution is 5.73. The van der Waals surface area contributed by atoms with Crippen molar-refractivity contribution in [2.75, 3.05) is 27.7 Å². The van der Waals surface area contributed by atoms with E-state index in [9.17, 15) is 4.79 Å². The molecule has 70 valence electrons. The number of likely N-dealkylation sites (N-methyl/N-ethyl adjacent to an activating group) is 1. The van der Waals surface area contributed by atoms with Gasteiger partial charge in [0.2, 0.25) is 0 Å². The summed E-state index contributed by atoms with van der Waals surface area (Å²) in [5.41, 5.74) is 0. The Balaban J connectivity index is 2.51. The van der Waals surface area contributed by atoms with Gasteiger partial charge in [-0.25, -0.2) is 0 Å². The van der Waals surface area contributed by atoms with Crippen molar-refractivity contribution in [1.29, 1.82) is 0 Å². The molecule has 1 heterocycles. The van der Waals surface area contributed by atoms with Gasteiger partial charge >= 0.3 is 5.97 Å². The largest absolute Gasteiger partial charge is 0.480 e. The fraction of sp³-hybridized carbons (Fsp3) is 0.875. The minimum absolute atomic E-state index is 0.340. The molecule has 1 fully saturated rings. The van der Waals surface area contributed by atoms with Gasteiger partial charge in [0.1, 0.15) is 12.1 Å². The summed E-state index contributed by atoms with van der Waals surface area (Å²) in [6.07, 6.45) is 0.735. The fourth-order valence-electron chi connectivity index (χ4n) is 1.50. The van der Waals surface area contributed by atoms with E-state index in [2.05, 4.69) is 26.5 Å². The molecule has 1 rings (SSSR count). The summed E-state index contributed by atoms with van der Waals surface area (Å²) >= 11 is 0. The highest BCUT2D eigenvalue weighted by Crippen LogP contribution is 2.15. The quantitative estimate of drug-likeness (QED) is 0.554. The van der Waals surface area contributed by atoms with Crippen LogP contribution in [-0.4, -0.2) is 55.3 Å². The molecule has 0 amide bonds. The first-order valence-electron chi connectivity index (χ1n) is 4.18. The first-order valence-corrected chi connectivity index (χ1v) is 4.18. The molecule has 0 bridgehead atoms. The summed E-state index contributed by atoms with van der Waals surface area (Å²) in [6, 6.07) is 0.0819. The van der Waals surface area contributed by atoms with Crippen LogP contribution in [0.25, 0.3) is 0 Å². The Kier molecular flexibility index (Phi) is 2.39. The minimum Gasteiger partial charge on any atom is -0.480 e. The van der Waals surface area contributed by atoms with E-state index in [0.717, 1.165) is 17.4 Å². The van der Waals surface area contributed by atoms with Crippen LogP contribution in [0.15, 0.2) is 0 Å². The number of nitrogens with one attached hydrogen (secondary N) is 1. The third kappa shape index (κ3) is 1.95. The lowest BCUT2D eigenvalue weighted by Crippen LogP contribution is -2.46. The second-order valence-electron chi connectivity index (χ2n) is 4.30. The number of carbonyl (C=O) groups is 1. The SMILES string of the molecule is C[N+](C)(C)[C@@H]1CN[C@@H](C(=O)O)C1. The molecule has 4 nitrogen and oxygen atoms in total. The van der Waals surface area contributed by atoms with Crippen molar-refractivity contribution in [3.8, 4) is 0 Å². The molecule has 0 aromatic carbocycles. The number of nitrogens with zero attached hydrogens (tertiary/aromatic N) is 1. The molecule has 0 unspecified atom stereocenters. The Morgan fingerprint density at radius 2 is 2.08 bits per heavy atom. The third-order valence-electron chi connectivity index (χ3n) is 2.50. The smallest absolute Gasteiger partial charge is 0.320 e. The summed E-state index contributed by atoms with van der Waals surface area (Å²) in [5.74, 6) is -0.731. The Hall–Kier alpha value is -0.610. The number of carboxylic acid groups (broad SMARTS) is 1. The van der Waals surface area contributed by atoms with Gasteiger partial charge in [0.15, 0.2) is 0 Å². The zero-order valence-electron chi connectivity index (χ0n) is 7.87. The van der Waals surface area contributed by atoms with Gasteiger partial charge < -0.3 is 9.59 Å². The first kappa shape index (κ1) is 9.48. The normalized spacial score (nSPS) is 30.6. The first-order chi connectivity index (χ1) is 5.41. The highest BCUT2D eigenvalue weighted by atomic mass is 16.4. The maximum absolute atomic E-state index is 10.6. The predicted octanol–water partition coefficient (Wildman–Crippen LogP) is -0.492. The number of rotatable bonds is 2. The molecule has 4 heteroatoms. The predicted molar refractivity (Wildman–Crippen MR) is 45.9 cm³/mol. The van der Waals surface area contributed by atoms with E-state index >= 15 is 0 Å². The van der Waals surface area contributed by atoms with Crippen LogP contribution < -0.4 is 5.32 Å². The molecule has 1 aliphatic heterocycles. The van der Waals surface area contributed by atoms with Gasteiger partial charge in [0, 0.05) is 13.0 Å². The van der Waals surface area contributed by atoms with Crippen LogP contribution in [0.1, 0.15) is 6.42 Å². The molecular formula is C8H17N2O2+. The monoisotopic (exact) mass is 173 g/mol. The standard InChI is InChI=1S/C8H16N2O2/c1-10(2,3)6-4-7(8(11)12)9-5-6/h6-7,9H,4-5H2,1-3H3/p+1/t6-,7+/m0/s1. The van der Waals surface area contributed by atoms with Crippen LogP contribution in [-0.2, 0) is 4.79 Å². The van der Waals surface area contributed by atoms with Crippen molar-refractivity contribution in [2.45, 2.75) is 18.5 Å². The number of hydrogen-bond donors (Lipinski definition) is 2. The van der Waals surface area contributed by atoms with E-state index in [-0.39, 0.29) is 6.04 Å². The zero-order chi connectivity index (χ0) is 9.35. The van der Waals surface area contributed by atoms with Gasteiger partial charge in [-0.2, -0.15) is 0 Å². The molecule has 0 aromatic heterocycles. The van der Waals surface area contributed by atoms with E-state index in [0.29, 0.717) is 6.04 Å². The second-order valence-corrected chi connectivity index (χ2v) is 4.30. The molecule has 0 radical (unpaired) electrons. The molecule has 0 aromatic rings. The molecule has 12 heavy (non-hydrogen) atoms. The summed E-state index contributed by atoms with van der Waals surface area (Å²) in [4.78, 5) is 10.6. The van der Waals surface area contributed by atoms with Crippen LogP contribution in [0.2, 0.25) is 0 Å². The Morgan fingerprint density at radius 1 is 1.50 bits per heavy atom. The van der Waals surface area contributed by atoms with Gasteiger partial charge in [-0.3, -0.25) is 10.1 Å². The van der Waals surface area contributed by atoms with Crippen LogP contribution >= 0.6 is 0 Å². The van der Waals surface area contributed by atoms with Crippen molar-refractivity contribution >= 4 is 5.97 Å². The van der Waals surface area contributed by atoms with Crippen molar-refractivity contribution in [3.05, 3.63) is 0 Å². The van der Waals surface area contributed by atoms with E-state index in [1.54, 1.807) is 0 Å². The number of hydrogen-bond acceptors (Lipinski definition) is 2. The van der Waals surface area contributed by atoms with Gasteiger partial charge in [0.25, 0.3) is 0 Å². The molecule has 1 aliphatic rings. The lowest BCUT2D eigenvalue weighted by molar-refractivity contribution is -0.893. The van der Waals surface area contributed by atoms with Crippen LogP contribution in [0.3, 0.4) is 0 Å². The Bertz CT molecular complexity index is 186. The van der Waals surface area contributed by atoms with Gasteiger partial charge in [-0.1, -0.05) is 0 Å². The molecule has 2 atom stereocenters. The molecule has 0 saturated carbocycles. The van der Waals surface area contributed by atoms with Crippen molar-refractivity contribution in [1.82, 2.24) is 5.32 Å². The molecule has 0 spiro atoms. The fourth-order valence-corrected chi connectivity index (χ4v) is 1.50. The van der Waals surface area contributed by atoms with Crippen molar-refractivity contribution in [2.24, 2.45) is 0 Å². The lowest BCUT2D eigenvalue weighted by atomic mass is 10.1. The van der Waals surface area contributed by atoms with E-state index in [1.807, 2.05) is 0 Å². The summed E-state index contributed by atoms with van der Waals surface area (Å²) in [7, 11) is 6.28. The molecular weight excluding hydrogens is 156 g/mol. The van der Waals surface area contributed by atoms with Crippen molar-refractivity contribution < 1.29 is 14.4 Å². The second kappa shape index (κ2) is 3.03. The average Bonchev–Trinajstić information content (AvgIpc) is 2.30.